The fraction of sp³-hybridized carbons (Fsp3) is 0.867. The van der Waals surface area contributed by atoms with Crippen LogP contribution in [0.1, 0.15) is 45.4 Å². The number of urea groups is 1. The molecule has 2 saturated carbocycles. The van der Waals surface area contributed by atoms with E-state index in [0.717, 1.165) is 25.3 Å². The highest BCUT2D eigenvalue weighted by Gasteiger charge is 2.53. The molecule has 0 radical (unpaired) electrons. The molecule has 3 fully saturated rings. The Bertz CT molecular complexity index is 415. The van der Waals surface area contributed by atoms with Crippen molar-refractivity contribution in [3.8, 4) is 0 Å². The molecule has 0 aromatic rings. The summed E-state index contributed by atoms with van der Waals surface area (Å²) in [5.41, 5.74) is 0.357. The van der Waals surface area contributed by atoms with Crippen LogP contribution in [0.25, 0.3) is 0 Å². The van der Waals surface area contributed by atoms with Crippen molar-refractivity contribution in [2.45, 2.75) is 51.5 Å². The van der Waals surface area contributed by atoms with E-state index in [1.807, 2.05) is 6.92 Å². The number of amides is 2. The predicted molar refractivity (Wildman–Crippen MR) is 74.3 cm³/mol. The molecule has 2 amide bonds. The van der Waals surface area contributed by atoms with E-state index in [1.165, 1.54) is 30.6 Å². The summed E-state index contributed by atoms with van der Waals surface area (Å²) in [6, 6.07) is -0.851. The number of aliphatic carboxylic acids is 1. The van der Waals surface area contributed by atoms with E-state index in [9.17, 15) is 14.7 Å². The molecule has 1 aliphatic heterocycles. The van der Waals surface area contributed by atoms with E-state index in [-0.39, 0.29) is 11.9 Å². The maximum Gasteiger partial charge on any atom is 0.326 e. The van der Waals surface area contributed by atoms with Crippen molar-refractivity contribution >= 4 is 12.0 Å². The van der Waals surface area contributed by atoms with Gasteiger partial charge >= 0.3 is 12.0 Å². The Kier molecular flexibility index (Phi) is 3.38. The lowest BCUT2D eigenvalue weighted by Crippen LogP contribution is -2.55. The number of carboxylic acid groups (broad SMARTS) is 1. The van der Waals surface area contributed by atoms with Gasteiger partial charge in [-0.15, -0.1) is 0 Å². The molecule has 2 atom stereocenters. The maximum atomic E-state index is 12.3. The van der Waals surface area contributed by atoms with Crippen LogP contribution < -0.4 is 5.32 Å². The molecular formula is C15H24N2O3. The highest BCUT2D eigenvalue weighted by molar-refractivity contribution is 5.83. The third kappa shape index (κ3) is 2.50. The van der Waals surface area contributed by atoms with Gasteiger partial charge in [-0.25, -0.2) is 9.59 Å². The summed E-state index contributed by atoms with van der Waals surface area (Å²) in [5, 5.41) is 12.4. The molecule has 5 heteroatoms. The van der Waals surface area contributed by atoms with Crippen LogP contribution in [-0.2, 0) is 4.79 Å². The number of carbonyl (C=O) groups is 2. The van der Waals surface area contributed by atoms with Gasteiger partial charge in [0.25, 0.3) is 0 Å². The number of nitrogens with zero attached hydrogens (tertiary/aromatic N) is 1. The van der Waals surface area contributed by atoms with Crippen LogP contribution in [0.4, 0.5) is 4.79 Å². The van der Waals surface area contributed by atoms with Gasteiger partial charge in [-0.3, -0.25) is 0 Å². The molecule has 0 bridgehead atoms. The highest BCUT2D eigenvalue weighted by atomic mass is 16.4. The minimum atomic E-state index is -0.879. The minimum absolute atomic E-state index is 0.0327. The minimum Gasteiger partial charge on any atom is -0.480 e. The van der Waals surface area contributed by atoms with E-state index < -0.39 is 12.0 Å². The molecule has 0 aromatic heterocycles. The Morgan fingerprint density at radius 3 is 2.55 bits per heavy atom. The van der Waals surface area contributed by atoms with Crippen LogP contribution in [0.3, 0.4) is 0 Å². The number of nitrogens with one attached hydrogen (secondary N) is 1. The molecule has 20 heavy (non-hydrogen) atoms. The fourth-order valence-electron chi connectivity index (χ4n) is 3.73. The number of carboxylic acids is 1. The van der Waals surface area contributed by atoms with Crippen LogP contribution >= 0.6 is 0 Å². The lowest BCUT2D eigenvalue weighted by Gasteiger charge is -2.37. The number of rotatable bonds is 4. The number of hydrogen-bond acceptors (Lipinski definition) is 2. The molecule has 112 valence electrons. The zero-order valence-corrected chi connectivity index (χ0v) is 12.1. The largest absolute Gasteiger partial charge is 0.480 e. The molecule has 3 aliphatic rings. The number of carbonyl (C=O) groups excluding carboxylic acids is 1. The van der Waals surface area contributed by atoms with E-state index >= 15 is 0 Å². The molecule has 2 unspecified atom stereocenters. The standard InChI is InChI=1S/C15H24N2O3/c1-10-3-2-8-17(12(10)13(18)19)14(20)16-9-15(6-7-15)11-4-5-11/h10-12H,2-9H2,1H3,(H,16,20)(H,18,19). The lowest BCUT2D eigenvalue weighted by atomic mass is 9.91. The molecule has 1 heterocycles. The first-order valence-electron chi connectivity index (χ1n) is 7.81. The number of hydrogen-bond donors (Lipinski definition) is 2. The van der Waals surface area contributed by atoms with Crippen molar-refractivity contribution in [2.24, 2.45) is 17.3 Å². The molecule has 3 rings (SSSR count). The summed E-state index contributed by atoms with van der Waals surface area (Å²) in [6.07, 6.45) is 6.81. The Hall–Kier alpha value is -1.26. The fourth-order valence-corrected chi connectivity index (χ4v) is 3.73. The quantitative estimate of drug-likeness (QED) is 0.828. The van der Waals surface area contributed by atoms with Crippen molar-refractivity contribution in [3.05, 3.63) is 0 Å². The molecule has 0 aromatic carbocycles. The first kappa shape index (κ1) is 13.7. The summed E-state index contributed by atoms with van der Waals surface area (Å²) < 4.78 is 0. The third-order valence-corrected chi connectivity index (χ3v) is 5.37. The van der Waals surface area contributed by atoms with Gasteiger partial charge in [-0.05, 0) is 55.8 Å². The lowest BCUT2D eigenvalue weighted by molar-refractivity contribution is -0.145. The van der Waals surface area contributed by atoms with E-state index in [0.29, 0.717) is 12.0 Å². The molecule has 2 aliphatic carbocycles. The summed E-state index contributed by atoms with van der Waals surface area (Å²) in [7, 11) is 0. The highest BCUT2D eigenvalue weighted by Crippen LogP contribution is 2.60. The third-order valence-electron chi connectivity index (χ3n) is 5.37. The normalized spacial score (nSPS) is 31.8. The van der Waals surface area contributed by atoms with Gasteiger partial charge in [0, 0.05) is 13.1 Å². The molecule has 2 N–H and O–H groups in total. The zero-order valence-electron chi connectivity index (χ0n) is 12.1. The Morgan fingerprint density at radius 2 is 2.00 bits per heavy atom. The van der Waals surface area contributed by atoms with Crippen molar-refractivity contribution in [2.75, 3.05) is 13.1 Å². The summed E-state index contributed by atoms with van der Waals surface area (Å²) in [4.78, 5) is 25.2. The average molecular weight is 280 g/mol. The van der Waals surface area contributed by atoms with Crippen LogP contribution in [0, 0.1) is 17.3 Å². The first-order chi connectivity index (χ1) is 9.53. The van der Waals surface area contributed by atoms with Crippen molar-refractivity contribution < 1.29 is 14.7 Å². The summed E-state index contributed by atoms with van der Waals surface area (Å²) >= 11 is 0. The first-order valence-corrected chi connectivity index (χ1v) is 7.81. The van der Waals surface area contributed by atoms with Gasteiger partial charge in [0.15, 0.2) is 0 Å². The maximum absolute atomic E-state index is 12.3. The van der Waals surface area contributed by atoms with Gasteiger partial charge in [-0.1, -0.05) is 6.92 Å². The van der Waals surface area contributed by atoms with Crippen LogP contribution in [0.5, 0.6) is 0 Å². The second-order valence-electron chi connectivity index (χ2n) is 6.89. The van der Waals surface area contributed by atoms with Gasteiger partial charge in [0.1, 0.15) is 6.04 Å². The monoisotopic (exact) mass is 280 g/mol. The van der Waals surface area contributed by atoms with Gasteiger partial charge < -0.3 is 15.3 Å². The van der Waals surface area contributed by atoms with E-state index in [4.69, 9.17) is 0 Å². The van der Waals surface area contributed by atoms with Crippen molar-refractivity contribution in [3.63, 3.8) is 0 Å². The van der Waals surface area contributed by atoms with Gasteiger partial charge in [0.2, 0.25) is 0 Å². The van der Waals surface area contributed by atoms with Gasteiger partial charge in [-0.2, -0.15) is 0 Å². The Balaban J connectivity index is 1.58. The smallest absolute Gasteiger partial charge is 0.326 e. The number of piperidine rings is 1. The molecule has 1 saturated heterocycles. The van der Waals surface area contributed by atoms with Gasteiger partial charge in [0.05, 0.1) is 0 Å². The SMILES string of the molecule is CC1CCCN(C(=O)NCC2(C3CC3)CC2)C1C(=O)O. The zero-order chi connectivity index (χ0) is 14.3. The molecule has 0 spiro atoms. The second-order valence-corrected chi connectivity index (χ2v) is 6.89. The average Bonchev–Trinajstić information content (AvgIpc) is 3.27. The Morgan fingerprint density at radius 1 is 1.30 bits per heavy atom. The summed E-state index contributed by atoms with van der Waals surface area (Å²) in [6.45, 7) is 3.21. The van der Waals surface area contributed by atoms with Crippen molar-refractivity contribution in [1.29, 1.82) is 0 Å². The predicted octanol–water partition coefficient (Wildman–Crippen LogP) is 2.07. The topological polar surface area (TPSA) is 69.6 Å². The van der Waals surface area contributed by atoms with Crippen LogP contribution in [-0.4, -0.2) is 41.1 Å². The molecule has 5 nitrogen and oxygen atoms in total. The van der Waals surface area contributed by atoms with E-state index in [1.54, 1.807) is 0 Å². The molecular weight excluding hydrogens is 256 g/mol. The Labute approximate surface area is 119 Å². The number of likely N-dealkylation sites (tertiary alicyclic amines) is 1. The van der Waals surface area contributed by atoms with Crippen molar-refractivity contribution in [1.82, 2.24) is 10.2 Å². The van der Waals surface area contributed by atoms with Crippen LogP contribution in [0.2, 0.25) is 0 Å². The second kappa shape index (κ2) is 4.93. The van der Waals surface area contributed by atoms with Crippen LogP contribution in [0.15, 0.2) is 0 Å². The summed E-state index contributed by atoms with van der Waals surface area (Å²) in [5.74, 6) is -0.0423. The van der Waals surface area contributed by atoms with E-state index in [2.05, 4.69) is 5.32 Å².